The maximum absolute atomic E-state index is 11.5. The predicted octanol–water partition coefficient (Wildman–Crippen LogP) is 0.204. The number of aryl methyl sites for hydroxylation is 1. The number of nitrogens with zero attached hydrogens (tertiary/aromatic N) is 2. The van der Waals surface area contributed by atoms with E-state index in [4.69, 9.17) is 4.42 Å². The van der Waals surface area contributed by atoms with Crippen LogP contribution in [0.3, 0.4) is 0 Å². The number of carbonyl (C=O) groups excluding carboxylic acids is 3. The summed E-state index contributed by atoms with van der Waals surface area (Å²) in [6.45, 7) is 1.55. The lowest BCUT2D eigenvalue weighted by molar-refractivity contribution is -0.173. The van der Waals surface area contributed by atoms with Crippen LogP contribution in [0.15, 0.2) is 10.8 Å². The van der Waals surface area contributed by atoms with Crippen molar-refractivity contribution in [1.29, 1.82) is 0 Å². The van der Waals surface area contributed by atoms with Gasteiger partial charge in [0.05, 0.1) is 5.69 Å². The van der Waals surface area contributed by atoms with Crippen molar-refractivity contribution in [1.82, 2.24) is 10.0 Å². The first-order chi connectivity index (χ1) is 7.59. The Morgan fingerprint density at radius 2 is 2.06 bits per heavy atom. The quantitative estimate of drug-likeness (QED) is 0.667. The molecule has 0 unspecified atom stereocenters. The molecule has 0 N–H and O–H groups in total. The summed E-state index contributed by atoms with van der Waals surface area (Å²) in [5.74, 6) is -2.09. The van der Waals surface area contributed by atoms with Gasteiger partial charge in [0.1, 0.15) is 0 Å². The van der Waals surface area contributed by atoms with E-state index in [0.717, 1.165) is 6.39 Å². The van der Waals surface area contributed by atoms with Crippen molar-refractivity contribution in [2.24, 2.45) is 0 Å². The fourth-order valence-corrected chi connectivity index (χ4v) is 1.28. The maximum atomic E-state index is 11.5. The van der Waals surface area contributed by atoms with Gasteiger partial charge in [-0.15, -0.1) is 5.06 Å². The Kier molecular flexibility index (Phi) is 2.43. The van der Waals surface area contributed by atoms with E-state index in [1.807, 2.05) is 0 Å². The molecule has 1 fully saturated rings. The van der Waals surface area contributed by atoms with Crippen LogP contribution in [-0.4, -0.2) is 27.8 Å². The summed E-state index contributed by atoms with van der Waals surface area (Å²) >= 11 is 0. The van der Waals surface area contributed by atoms with Gasteiger partial charge in [0.15, 0.2) is 6.39 Å². The minimum absolute atomic E-state index is 0.0570. The van der Waals surface area contributed by atoms with Gasteiger partial charge in [-0.05, 0) is 6.92 Å². The van der Waals surface area contributed by atoms with Gasteiger partial charge in [0, 0.05) is 12.8 Å². The van der Waals surface area contributed by atoms with E-state index in [1.165, 1.54) is 0 Å². The van der Waals surface area contributed by atoms with Gasteiger partial charge in [-0.3, -0.25) is 9.59 Å². The van der Waals surface area contributed by atoms with Gasteiger partial charge in [0.25, 0.3) is 11.8 Å². The summed E-state index contributed by atoms with van der Waals surface area (Å²) < 4.78 is 4.77. The van der Waals surface area contributed by atoms with Crippen molar-refractivity contribution < 1.29 is 23.6 Å². The number of amides is 2. The standard InChI is InChI=1S/C9H8N2O5/c1-5-8(15-4-10-5)9(14)16-11-6(12)2-3-7(11)13/h4H,2-3H2,1H3. The van der Waals surface area contributed by atoms with Crippen molar-refractivity contribution in [2.75, 3.05) is 0 Å². The van der Waals surface area contributed by atoms with Crippen LogP contribution in [0.1, 0.15) is 29.1 Å². The third kappa shape index (κ3) is 1.67. The second-order valence-electron chi connectivity index (χ2n) is 3.23. The minimum Gasteiger partial charge on any atom is -0.436 e. The van der Waals surface area contributed by atoms with Crippen molar-refractivity contribution in [3.05, 3.63) is 17.8 Å². The first kappa shape index (κ1) is 10.3. The Balaban J connectivity index is 2.11. The second kappa shape index (κ2) is 3.76. The molecule has 0 aromatic carbocycles. The smallest absolute Gasteiger partial charge is 0.401 e. The molecule has 7 heteroatoms. The van der Waals surface area contributed by atoms with Gasteiger partial charge in [0.2, 0.25) is 5.76 Å². The van der Waals surface area contributed by atoms with Crippen molar-refractivity contribution in [2.45, 2.75) is 19.8 Å². The SMILES string of the molecule is Cc1ncoc1C(=O)ON1C(=O)CCC1=O. The van der Waals surface area contributed by atoms with Crippen LogP contribution < -0.4 is 0 Å². The highest BCUT2D eigenvalue weighted by atomic mass is 16.7. The van der Waals surface area contributed by atoms with E-state index in [0.29, 0.717) is 10.8 Å². The number of hydrogen-bond donors (Lipinski definition) is 0. The molecule has 1 aromatic heterocycles. The van der Waals surface area contributed by atoms with E-state index in [9.17, 15) is 14.4 Å². The Morgan fingerprint density at radius 1 is 1.44 bits per heavy atom. The molecular weight excluding hydrogens is 216 g/mol. The zero-order chi connectivity index (χ0) is 11.7. The summed E-state index contributed by atoms with van der Waals surface area (Å²) in [4.78, 5) is 42.1. The fraction of sp³-hybridized carbons (Fsp3) is 0.333. The summed E-state index contributed by atoms with van der Waals surface area (Å²) in [5.41, 5.74) is 0.337. The van der Waals surface area contributed by atoms with Gasteiger partial charge in [-0.25, -0.2) is 9.78 Å². The Labute approximate surface area is 89.9 Å². The molecule has 1 aliphatic heterocycles. The molecule has 0 bridgehead atoms. The van der Waals surface area contributed by atoms with Crippen LogP contribution >= 0.6 is 0 Å². The van der Waals surface area contributed by atoms with E-state index in [2.05, 4.69) is 9.82 Å². The topological polar surface area (TPSA) is 89.7 Å². The van der Waals surface area contributed by atoms with E-state index < -0.39 is 17.8 Å². The molecule has 0 saturated carbocycles. The Morgan fingerprint density at radius 3 is 2.56 bits per heavy atom. The molecule has 84 valence electrons. The average molecular weight is 224 g/mol. The second-order valence-corrected chi connectivity index (χ2v) is 3.23. The Bertz CT molecular complexity index is 448. The van der Waals surface area contributed by atoms with E-state index in [1.54, 1.807) is 6.92 Å². The molecule has 1 aromatic rings. The normalized spacial score (nSPS) is 15.7. The number of imide groups is 1. The number of oxazole rings is 1. The number of hydroxylamine groups is 2. The fourth-order valence-electron chi connectivity index (χ4n) is 1.28. The third-order valence-corrected chi connectivity index (χ3v) is 2.11. The van der Waals surface area contributed by atoms with Gasteiger partial charge < -0.3 is 9.25 Å². The number of hydrogen-bond acceptors (Lipinski definition) is 6. The molecule has 0 atom stereocenters. The lowest BCUT2D eigenvalue weighted by Crippen LogP contribution is -2.32. The lowest BCUT2D eigenvalue weighted by atomic mass is 10.4. The van der Waals surface area contributed by atoms with Crippen LogP contribution in [0.5, 0.6) is 0 Å². The summed E-state index contributed by atoms with van der Waals surface area (Å²) in [5, 5.41) is 0.463. The van der Waals surface area contributed by atoms with Crippen LogP contribution in [0.2, 0.25) is 0 Å². The van der Waals surface area contributed by atoms with Crippen molar-refractivity contribution in [3.63, 3.8) is 0 Å². The Hall–Kier alpha value is -2.18. The summed E-state index contributed by atoms with van der Waals surface area (Å²) in [6.07, 6.45) is 1.20. The zero-order valence-electron chi connectivity index (χ0n) is 8.43. The summed E-state index contributed by atoms with van der Waals surface area (Å²) in [6, 6.07) is 0. The largest absolute Gasteiger partial charge is 0.436 e. The van der Waals surface area contributed by atoms with Crippen molar-refractivity contribution >= 4 is 17.8 Å². The first-order valence-corrected chi connectivity index (χ1v) is 4.58. The molecule has 16 heavy (non-hydrogen) atoms. The van der Waals surface area contributed by atoms with Crippen LogP contribution in [0.4, 0.5) is 0 Å². The molecule has 0 spiro atoms. The lowest BCUT2D eigenvalue weighted by Gasteiger charge is -2.11. The highest BCUT2D eigenvalue weighted by molar-refractivity contribution is 6.02. The molecule has 2 amide bonds. The summed E-state index contributed by atoms with van der Waals surface area (Å²) in [7, 11) is 0. The average Bonchev–Trinajstić information content (AvgIpc) is 2.79. The monoisotopic (exact) mass is 224 g/mol. The number of carbonyl (C=O) groups is 3. The molecule has 1 saturated heterocycles. The third-order valence-electron chi connectivity index (χ3n) is 2.11. The predicted molar refractivity (Wildman–Crippen MR) is 47.7 cm³/mol. The molecule has 0 radical (unpaired) electrons. The first-order valence-electron chi connectivity index (χ1n) is 4.58. The van der Waals surface area contributed by atoms with Gasteiger partial charge in [-0.1, -0.05) is 0 Å². The van der Waals surface area contributed by atoms with E-state index >= 15 is 0 Å². The minimum atomic E-state index is -0.904. The molecule has 2 heterocycles. The van der Waals surface area contributed by atoms with Gasteiger partial charge in [-0.2, -0.15) is 0 Å². The van der Waals surface area contributed by atoms with Gasteiger partial charge >= 0.3 is 5.97 Å². The number of aromatic nitrogens is 1. The van der Waals surface area contributed by atoms with Crippen molar-refractivity contribution in [3.8, 4) is 0 Å². The maximum Gasteiger partial charge on any atom is 0.401 e. The van der Waals surface area contributed by atoms with Crippen LogP contribution in [0, 0.1) is 6.92 Å². The highest BCUT2D eigenvalue weighted by Gasteiger charge is 2.34. The number of rotatable bonds is 2. The molecule has 7 nitrogen and oxygen atoms in total. The van der Waals surface area contributed by atoms with Crippen LogP contribution in [0.25, 0.3) is 0 Å². The van der Waals surface area contributed by atoms with E-state index in [-0.39, 0.29) is 18.6 Å². The molecular formula is C9H8N2O5. The highest BCUT2D eigenvalue weighted by Crippen LogP contribution is 2.15. The van der Waals surface area contributed by atoms with Crippen LogP contribution in [-0.2, 0) is 14.4 Å². The zero-order valence-corrected chi connectivity index (χ0v) is 8.43. The molecule has 1 aliphatic rings. The molecule has 0 aliphatic carbocycles. The molecule has 2 rings (SSSR count).